The van der Waals surface area contributed by atoms with Crippen LogP contribution >= 0.6 is 0 Å². The smallest absolute Gasteiger partial charge is 0.170 e. The van der Waals surface area contributed by atoms with Gasteiger partial charge in [0.05, 0.1) is 11.7 Å². The van der Waals surface area contributed by atoms with E-state index in [2.05, 4.69) is 25.5 Å². The molecule has 2 aromatic carbocycles. The van der Waals surface area contributed by atoms with Crippen LogP contribution in [-0.2, 0) is 0 Å². The summed E-state index contributed by atoms with van der Waals surface area (Å²) in [5.41, 5.74) is 2.77. The number of anilines is 2. The molecule has 1 aliphatic heterocycles. The largest absolute Gasteiger partial charge is 0.458 e. The minimum Gasteiger partial charge on any atom is -0.458 e. The van der Waals surface area contributed by atoms with Crippen LogP contribution in [0.5, 0.6) is 11.5 Å². The van der Waals surface area contributed by atoms with Crippen LogP contribution in [-0.4, -0.2) is 20.2 Å². The lowest BCUT2D eigenvalue weighted by molar-refractivity contribution is 0.327. The van der Waals surface area contributed by atoms with Gasteiger partial charge >= 0.3 is 0 Å². The first kappa shape index (κ1) is 15.4. The van der Waals surface area contributed by atoms with Crippen molar-refractivity contribution >= 4 is 22.4 Å². The number of nitrogens with zero attached hydrogens (tertiary/aromatic N) is 3. The maximum Gasteiger partial charge on any atom is 0.170 e. The molecule has 0 unspecified atom stereocenters. The molecule has 7 heteroatoms. The molecule has 0 spiro atoms. The van der Waals surface area contributed by atoms with Crippen molar-refractivity contribution in [1.29, 1.82) is 0 Å². The Labute approximate surface area is 154 Å². The third kappa shape index (κ3) is 2.95. The highest BCUT2D eigenvalue weighted by atomic mass is 16.6. The maximum absolute atomic E-state index is 5.71. The molecule has 4 aromatic rings. The molecule has 132 valence electrons. The van der Waals surface area contributed by atoms with Crippen LogP contribution in [0.3, 0.4) is 0 Å². The second-order valence-electron chi connectivity index (χ2n) is 6.17. The molecule has 0 aliphatic carbocycles. The Bertz CT molecular complexity index is 1180. The molecule has 7 nitrogen and oxygen atoms in total. The molecule has 0 radical (unpaired) electrons. The lowest BCUT2D eigenvalue weighted by Crippen LogP contribution is -2.02. The third-order valence-electron chi connectivity index (χ3n) is 4.19. The zero-order valence-corrected chi connectivity index (χ0v) is 14.4. The Balaban J connectivity index is 1.44. The fourth-order valence-electron chi connectivity index (χ4n) is 2.90. The summed E-state index contributed by atoms with van der Waals surface area (Å²) in [4.78, 5) is 9.00. The topological polar surface area (TPSA) is 85.0 Å². The van der Waals surface area contributed by atoms with Crippen LogP contribution in [0.2, 0.25) is 0 Å². The number of aromatic amines is 1. The monoisotopic (exact) mass is 357 g/mol. The van der Waals surface area contributed by atoms with Crippen LogP contribution in [0.15, 0.2) is 66.9 Å². The Kier molecular flexibility index (Phi) is 3.50. The van der Waals surface area contributed by atoms with Gasteiger partial charge < -0.3 is 14.8 Å². The average Bonchev–Trinajstić information content (AvgIpc) is 3.15. The van der Waals surface area contributed by atoms with E-state index in [1.807, 2.05) is 49.4 Å². The quantitative estimate of drug-likeness (QED) is 0.565. The molecule has 1 aliphatic rings. The number of hydrogen-bond donors (Lipinski definition) is 2. The highest BCUT2D eigenvalue weighted by Crippen LogP contribution is 2.35. The number of nitrogens with one attached hydrogen (secondary N) is 2. The van der Waals surface area contributed by atoms with E-state index >= 15 is 0 Å². The van der Waals surface area contributed by atoms with Crippen molar-refractivity contribution in [2.24, 2.45) is 0 Å². The van der Waals surface area contributed by atoms with E-state index in [0.29, 0.717) is 28.9 Å². The van der Waals surface area contributed by atoms with E-state index in [9.17, 15) is 0 Å². The van der Waals surface area contributed by atoms with E-state index in [0.717, 1.165) is 22.2 Å². The van der Waals surface area contributed by atoms with Crippen molar-refractivity contribution in [2.45, 2.75) is 6.92 Å². The second kappa shape index (κ2) is 6.14. The van der Waals surface area contributed by atoms with Gasteiger partial charge in [0.1, 0.15) is 17.8 Å². The van der Waals surface area contributed by atoms with Gasteiger partial charge in [-0.2, -0.15) is 5.10 Å². The Morgan fingerprint density at radius 2 is 2.00 bits per heavy atom. The fourth-order valence-corrected chi connectivity index (χ4v) is 2.90. The average molecular weight is 357 g/mol. The van der Waals surface area contributed by atoms with E-state index in [-0.39, 0.29) is 0 Å². The summed E-state index contributed by atoms with van der Waals surface area (Å²) in [5.74, 6) is 3.33. The molecule has 2 N–H and O–H groups in total. The second-order valence-corrected chi connectivity index (χ2v) is 6.17. The minimum atomic E-state index is 0.600. The number of allylic oxidation sites excluding steroid dienone is 1. The van der Waals surface area contributed by atoms with Gasteiger partial charge in [0.15, 0.2) is 17.3 Å². The SMILES string of the molecule is CC1=COc2ccc(-c3nccc(Nc4ccc5[nH]ncc5c4)n3)cc2O1. The predicted octanol–water partition coefficient (Wildman–Crippen LogP) is 4.40. The van der Waals surface area contributed by atoms with Gasteiger partial charge in [-0.25, -0.2) is 9.97 Å². The Hall–Kier alpha value is -3.87. The number of H-pyrrole nitrogens is 1. The maximum atomic E-state index is 5.71. The molecule has 2 aromatic heterocycles. The number of rotatable bonds is 3. The van der Waals surface area contributed by atoms with Crippen molar-refractivity contribution in [1.82, 2.24) is 20.2 Å². The summed E-state index contributed by atoms with van der Waals surface area (Å²) in [6, 6.07) is 13.4. The minimum absolute atomic E-state index is 0.600. The van der Waals surface area contributed by atoms with Gasteiger partial charge in [-0.15, -0.1) is 0 Å². The summed E-state index contributed by atoms with van der Waals surface area (Å²) in [5, 5.41) is 11.3. The van der Waals surface area contributed by atoms with Crippen molar-refractivity contribution in [3.8, 4) is 22.9 Å². The van der Waals surface area contributed by atoms with Gasteiger partial charge in [-0.3, -0.25) is 5.10 Å². The molecule has 0 amide bonds. The van der Waals surface area contributed by atoms with Crippen molar-refractivity contribution in [3.05, 3.63) is 66.9 Å². The molecule has 0 bridgehead atoms. The van der Waals surface area contributed by atoms with E-state index in [1.54, 1.807) is 18.7 Å². The van der Waals surface area contributed by atoms with E-state index in [4.69, 9.17) is 9.47 Å². The lowest BCUT2D eigenvalue weighted by Gasteiger charge is -2.16. The molecular weight excluding hydrogens is 342 g/mol. The molecule has 27 heavy (non-hydrogen) atoms. The first-order valence-corrected chi connectivity index (χ1v) is 8.43. The summed E-state index contributed by atoms with van der Waals surface area (Å²) in [6.45, 7) is 1.84. The van der Waals surface area contributed by atoms with Crippen molar-refractivity contribution in [2.75, 3.05) is 5.32 Å². The van der Waals surface area contributed by atoms with Gasteiger partial charge in [0.25, 0.3) is 0 Å². The standard InChI is InChI=1S/C20H15N5O2/c1-12-11-26-17-5-2-13(9-18(17)27-12)20-21-7-6-19(24-20)23-15-3-4-16-14(8-15)10-22-25-16/h2-11H,1H3,(H,22,25)(H,21,23,24). The molecule has 0 saturated carbocycles. The van der Waals surface area contributed by atoms with Gasteiger partial charge in [0.2, 0.25) is 0 Å². The summed E-state index contributed by atoms with van der Waals surface area (Å²) in [6.07, 6.45) is 5.10. The first-order chi connectivity index (χ1) is 13.2. The normalized spacial score (nSPS) is 12.7. The van der Waals surface area contributed by atoms with Crippen LogP contribution in [0, 0.1) is 0 Å². The molecule has 0 saturated heterocycles. The van der Waals surface area contributed by atoms with Crippen LogP contribution < -0.4 is 14.8 Å². The van der Waals surface area contributed by atoms with Gasteiger partial charge in [-0.05, 0) is 49.4 Å². The van der Waals surface area contributed by atoms with Crippen molar-refractivity contribution in [3.63, 3.8) is 0 Å². The molecule has 0 fully saturated rings. The van der Waals surface area contributed by atoms with E-state index in [1.165, 1.54) is 0 Å². The zero-order valence-electron chi connectivity index (χ0n) is 14.4. The van der Waals surface area contributed by atoms with E-state index < -0.39 is 0 Å². The van der Waals surface area contributed by atoms with Crippen LogP contribution in [0.25, 0.3) is 22.3 Å². The highest BCUT2D eigenvalue weighted by molar-refractivity contribution is 5.82. The zero-order chi connectivity index (χ0) is 18.2. The number of ether oxygens (including phenoxy) is 2. The third-order valence-corrected chi connectivity index (χ3v) is 4.19. The summed E-state index contributed by atoms with van der Waals surface area (Å²) >= 11 is 0. The fraction of sp³-hybridized carbons (Fsp3) is 0.0500. The Morgan fingerprint density at radius 3 is 2.96 bits per heavy atom. The molecular formula is C20H15N5O2. The number of hydrogen-bond acceptors (Lipinski definition) is 6. The summed E-state index contributed by atoms with van der Waals surface area (Å²) in [7, 11) is 0. The number of fused-ring (bicyclic) bond motifs is 2. The van der Waals surface area contributed by atoms with Crippen molar-refractivity contribution < 1.29 is 9.47 Å². The first-order valence-electron chi connectivity index (χ1n) is 8.43. The van der Waals surface area contributed by atoms with Gasteiger partial charge in [0, 0.05) is 22.8 Å². The number of aromatic nitrogens is 4. The summed E-state index contributed by atoms with van der Waals surface area (Å²) < 4.78 is 11.2. The van der Waals surface area contributed by atoms with Crippen LogP contribution in [0.1, 0.15) is 6.92 Å². The predicted molar refractivity (Wildman–Crippen MR) is 102 cm³/mol. The molecule has 3 heterocycles. The lowest BCUT2D eigenvalue weighted by atomic mass is 10.2. The van der Waals surface area contributed by atoms with Gasteiger partial charge in [-0.1, -0.05) is 0 Å². The van der Waals surface area contributed by atoms with Crippen LogP contribution in [0.4, 0.5) is 11.5 Å². The number of benzene rings is 2. The highest BCUT2D eigenvalue weighted by Gasteiger charge is 2.14. The Morgan fingerprint density at radius 1 is 1.04 bits per heavy atom. The molecule has 5 rings (SSSR count). The molecule has 0 atom stereocenters.